The van der Waals surface area contributed by atoms with Crippen molar-refractivity contribution in [3.63, 3.8) is 0 Å². The van der Waals surface area contributed by atoms with E-state index in [1.165, 1.54) is 4.90 Å². The molecule has 2 aromatic carbocycles. The van der Waals surface area contributed by atoms with Crippen molar-refractivity contribution in [3.05, 3.63) is 75.4 Å². The van der Waals surface area contributed by atoms with Crippen molar-refractivity contribution in [1.82, 2.24) is 10.2 Å². The van der Waals surface area contributed by atoms with Gasteiger partial charge in [-0.15, -0.1) is 0 Å². The molecular weight excluding hydrogens is 406 g/mol. The summed E-state index contributed by atoms with van der Waals surface area (Å²) in [4.78, 5) is 39.1. The standard InChI is InChI=1S/C22H20ClN3O4/c1-12-6-8-14(9-7-12)20-19-17(11-30-21(19)28)26(22(29)25-20)10-18(27)24-16-5-3-4-15(23)13(16)2/h3-9,20H,10-11H2,1-2H3,(H,24,27)(H,25,29)/t20-/m0/s1. The quantitative estimate of drug-likeness (QED) is 0.734. The Labute approximate surface area is 178 Å². The number of esters is 1. The van der Waals surface area contributed by atoms with Crippen molar-refractivity contribution in [2.45, 2.75) is 19.9 Å². The van der Waals surface area contributed by atoms with Crippen LogP contribution in [0.2, 0.25) is 5.02 Å². The lowest BCUT2D eigenvalue weighted by molar-refractivity contribution is -0.136. The van der Waals surface area contributed by atoms with Crippen LogP contribution in [0.3, 0.4) is 0 Å². The van der Waals surface area contributed by atoms with Gasteiger partial charge in [0.1, 0.15) is 13.2 Å². The predicted molar refractivity (Wildman–Crippen MR) is 112 cm³/mol. The summed E-state index contributed by atoms with van der Waals surface area (Å²) in [5, 5.41) is 6.12. The first-order chi connectivity index (χ1) is 14.3. The highest BCUT2D eigenvalue weighted by molar-refractivity contribution is 6.31. The molecule has 0 radical (unpaired) electrons. The van der Waals surface area contributed by atoms with Gasteiger partial charge in [-0.05, 0) is 37.1 Å². The molecule has 0 bridgehead atoms. The number of urea groups is 1. The van der Waals surface area contributed by atoms with Crippen molar-refractivity contribution in [1.29, 1.82) is 0 Å². The maximum atomic E-state index is 12.8. The van der Waals surface area contributed by atoms with Crippen LogP contribution in [-0.2, 0) is 14.3 Å². The van der Waals surface area contributed by atoms with Crippen LogP contribution < -0.4 is 10.6 Å². The third-order valence-electron chi connectivity index (χ3n) is 5.25. The fourth-order valence-corrected chi connectivity index (χ4v) is 3.74. The molecule has 0 fully saturated rings. The first-order valence-corrected chi connectivity index (χ1v) is 9.82. The van der Waals surface area contributed by atoms with Gasteiger partial charge in [0, 0.05) is 10.7 Å². The molecule has 154 valence electrons. The molecule has 2 N–H and O–H groups in total. The highest BCUT2D eigenvalue weighted by Gasteiger charge is 2.42. The summed E-state index contributed by atoms with van der Waals surface area (Å²) in [6.45, 7) is 3.45. The monoisotopic (exact) mass is 425 g/mol. The number of hydrogen-bond donors (Lipinski definition) is 2. The molecule has 0 saturated carbocycles. The van der Waals surface area contributed by atoms with Gasteiger partial charge in [-0.25, -0.2) is 9.59 Å². The van der Waals surface area contributed by atoms with E-state index in [1.54, 1.807) is 25.1 Å². The molecule has 0 saturated heterocycles. The minimum Gasteiger partial charge on any atom is -0.456 e. The lowest BCUT2D eigenvalue weighted by atomic mass is 9.95. The number of ether oxygens (including phenoxy) is 1. The summed E-state index contributed by atoms with van der Waals surface area (Å²) in [5.41, 5.74) is 3.90. The van der Waals surface area contributed by atoms with E-state index in [9.17, 15) is 14.4 Å². The molecule has 2 heterocycles. The van der Waals surface area contributed by atoms with Crippen molar-refractivity contribution < 1.29 is 19.1 Å². The van der Waals surface area contributed by atoms with Crippen molar-refractivity contribution in [3.8, 4) is 0 Å². The number of aryl methyl sites for hydroxylation is 1. The Balaban J connectivity index is 1.60. The van der Waals surface area contributed by atoms with Crippen LogP contribution in [0, 0.1) is 13.8 Å². The number of hydrogen-bond acceptors (Lipinski definition) is 4. The molecule has 0 aromatic heterocycles. The van der Waals surface area contributed by atoms with Crippen molar-refractivity contribution in [2.24, 2.45) is 0 Å². The van der Waals surface area contributed by atoms with Gasteiger partial charge >= 0.3 is 12.0 Å². The molecule has 3 amide bonds. The molecular formula is C22H20ClN3O4. The van der Waals surface area contributed by atoms with Crippen LogP contribution in [0.25, 0.3) is 0 Å². The number of carbonyl (C=O) groups is 3. The molecule has 8 heteroatoms. The summed E-state index contributed by atoms with van der Waals surface area (Å²) >= 11 is 6.10. The lowest BCUT2D eigenvalue weighted by Crippen LogP contribution is -2.49. The molecule has 2 aromatic rings. The highest BCUT2D eigenvalue weighted by Crippen LogP contribution is 2.35. The highest BCUT2D eigenvalue weighted by atomic mass is 35.5. The molecule has 2 aliphatic heterocycles. The topological polar surface area (TPSA) is 87.7 Å². The fraction of sp³-hybridized carbons (Fsp3) is 0.227. The van der Waals surface area contributed by atoms with E-state index in [0.29, 0.717) is 22.0 Å². The van der Waals surface area contributed by atoms with Gasteiger partial charge in [0.05, 0.1) is 17.3 Å². The van der Waals surface area contributed by atoms with Crippen LogP contribution in [-0.4, -0.2) is 36.0 Å². The van der Waals surface area contributed by atoms with Gasteiger partial charge in [-0.2, -0.15) is 0 Å². The van der Waals surface area contributed by atoms with E-state index in [2.05, 4.69) is 10.6 Å². The first kappa shape index (κ1) is 20.0. The summed E-state index contributed by atoms with van der Waals surface area (Å²) in [7, 11) is 0. The lowest BCUT2D eigenvalue weighted by Gasteiger charge is -2.32. The molecule has 0 aliphatic carbocycles. The molecule has 2 aliphatic rings. The van der Waals surface area contributed by atoms with Gasteiger partial charge in [-0.3, -0.25) is 9.69 Å². The first-order valence-electron chi connectivity index (χ1n) is 9.45. The second-order valence-electron chi connectivity index (χ2n) is 7.28. The number of benzene rings is 2. The Bertz CT molecular complexity index is 1080. The molecule has 7 nitrogen and oxygen atoms in total. The zero-order valence-electron chi connectivity index (χ0n) is 16.5. The summed E-state index contributed by atoms with van der Waals surface area (Å²) in [5.74, 6) is -0.901. The summed E-state index contributed by atoms with van der Waals surface area (Å²) in [6, 6.07) is 11.7. The average Bonchev–Trinajstić information content (AvgIpc) is 3.10. The van der Waals surface area contributed by atoms with E-state index in [1.807, 2.05) is 31.2 Å². The zero-order valence-corrected chi connectivity index (χ0v) is 17.2. The Morgan fingerprint density at radius 2 is 1.93 bits per heavy atom. The Hall–Kier alpha value is -3.32. The molecule has 0 unspecified atom stereocenters. The predicted octanol–water partition coefficient (Wildman–Crippen LogP) is 3.47. The maximum absolute atomic E-state index is 12.8. The summed E-state index contributed by atoms with van der Waals surface area (Å²) in [6.07, 6.45) is 0. The van der Waals surface area contributed by atoms with Crippen LogP contribution in [0.5, 0.6) is 0 Å². The van der Waals surface area contributed by atoms with Gasteiger partial charge in [0.2, 0.25) is 5.91 Å². The largest absolute Gasteiger partial charge is 0.456 e. The number of anilines is 1. The van der Waals surface area contributed by atoms with E-state index >= 15 is 0 Å². The van der Waals surface area contributed by atoms with E-state index in [-0.39, 0.29) is 13.2 Å². The van der Waals surface area contributed by atoms with Crippen molar-refractivity contribution >= 4 is 35.2 Å². The smallest absolute Gasteiger partial charge is 0.338 e. The minimum atomic E-state index is -0.613. The number of carbonyl (C=O) groups excluding carboxylic acids is 3. The van der Waals surface area contributed by atoms with Crippen LogP contribution in [0.15, 0.2) is 53.7 Å². The van der Waals surface area contributed by atoms with E-state index in [0.717, 1.165) is 16.7 Å². The summed E-state index contributed by atoms with van der Waals surface area (Å²) < 4.78 is 5.19. The van der Waals surface area contributed by atoms with Gasteiger partial charge in [-0.1, -0.05) is 47.5 Å². The van der Waals surface area contributed by atoms with Crippen LogP contribution in [0.4, 0.5) is 10.5 Å². The van der Waals surface area contributed by atoms with Crippen LogP contribution >= 0.6 is 11.6 Å². The third-order valence-corrected chi connectivity index (χ3v) is 5.66. The number of rotatable bonds is 4. The number of amides is 3. The molecule has 0 spiro atoms. The third kappa shape index (κ3) is 3.64. The number of nitrogens with one attached hydrogen (secondary N) is 2. The number of nitrogens with zero attached hydrogens (tertiary/aromatic N) is 1. The molecule has 1 atom stereocenters. The van der Waals surface area contributed by atoms with Crippen molar-refractivity contribution in [2.75, 3.05) is 18.5 Å². The maximum Gasteiger partial charge on any atom is 0.338 e. The molecule has 4 rings (SSSR count). The number of halogens is 1. The van der Waals surface area contributed by atoms with Gasteiger partial charge < -0.3 is 15.4 Å². The Morgan fingerprint density at radius 1 is 1.20 bits per heavy atom. The normalized spacial score (nSPS) is 18.1. The van der Waals surface area contributed by atoms with Crippen LogP contribution in [0.1, 0.15) is 22.7 Å². The van der Waals surface area contributed by atoms with E-state index < -0.39 is 23.9 Å². The SMILES string of the molecule is Cc1ccc([C@@H]2NC(=O)N(CC(=O)Nc3cccc(Cl)c3C)C3=C2C(=O)OC3)cc1. The Morgan fingerprint density at radius 3 is 2.67 bits per heavy atom. The van der Waals surface area contributed by atoms with Gasteiger partial charge in [0.15, 0.2) is 0 Å². The fourth-order valence-electron chi connectivity index (χ4n) is 3.56. The van der Waals surface area contributed by atoms with E-state index in [4.69, 9.17) is 16.3 Å². The Kier molecular flexibility index (Phi) is 5.22. The number of cyclic esters (lactones) is 1. The minimum absolute atomic E-state index is 0.0482. The second-order valence-corrected chi connectivity index (χ2v) is 7.68. The average molecular weight is 426 g/mol. The second kappa shape index (κ2) is 7.84. The molecule has 30 heavy (non-hydrogen) atoms. The van der Waals surface area contributed by atoms with Gasteiger partial charge in [0.25, 0.3) is 0 Å². The zero-order chi connectivity index (χ0) is 21.4.